The lowest BCUT2D eigenvalue weighted by molar-refractivity contribution is 0.140. The van der Waals surface area contributed by atoms with E-state index in [4.69, 9.17) is 4.74 Å². The van der Waals surface area contributed by atoms with Crippen molar-refractivity contribution in [2.45, 2.75) is 13.0 Å². The highest BCUT2D eigenvalue weighted by Gasteiger charge is 2.01. The first kappa shape index (κ1) is 3.81. The Bertz CT molecular complexity index is 69.9. The lowest BCUT2D eigenvalue weighted by Crippen LogP contribution is -1.99. The van der Waals surface area contributed by atoms with Crippen molar-refractivity contribution in [3.63, 3.8) is 0 Å². The minimum Gasteiger partial charge on any atom is -0.350 e. The SMILES string of the molecule is CC1[C]=NCO1. The van der Waals surface area contributed by atoms with Crippen molar-refractivity contribution in [3.8, 4) is 0 Å². The van der Waals surface area contributed by atoms with Crippen LogP contribution in [0.25, 0.3) is 0 Å². The maximum absolute atomic E-state index is 4.88. The Morgan fingerprint density at radius 3 is 3.00 bits per heavy atom. The molecule has 0 aliphatic carbocycles. The Morgan fingerprint density at radius 2 is 2.83 bits per heavy atom. The molecule has 1 unspecified atom stereocenters. The maximum atomic E-state index is 4.88. The van der Waals surface area contributed by atoms with Gasteiger partial charge in [0.1, 0.15) is 12.8 Å². The van der Waals surface area contributed by atoms with Crippen LogP contribution in [0, 0.1) is 0 Å². The first-order valence-electron chi connectivity index (χ1n) is 1.93. The van der Waals surface area contributed by atoms with E-state index in [0.29, 0.717) is 6.73 Å². The van der Waals surface area contributed by atoms with Crippen LogP contribution in [0.15, 0.2) is 4.99 Å². The fourth-order valence-electron chi connectivity index (χ4n) is 0.352. The van der Waals surface area contributed by atoms with E-state index >= 15 is 0 Å². The molecule has 6 heavy (non-hydrogen) atoms. The molecular formula is C4H6NO. The molecule has 0 fully saturated rings. The normalized spacial score (nSPS) is 31.8. The average molecular weight is 84.1 g/mol. The summed E-state index contributed by atoms with van der Waals surface area (Å²) < 4.78 is 4.88. The van der Waals surface area contributed by atoms with Crippen molar-refractivity contribution in [2.75, 3.05) is 6.73 Å². The monoisotopic (exact) mass is 84.0 g/mol. The van der Waals surface area contributed by atoms with E-state index in [9.17, 15) is 0 Å². The summed E-state index contributed by atoms with van der Waals surface area (Å²) in [5.41, 5.74) is 0. The van der Waals surface area contributed by atoms with E-state index in [1.54, 1.807) is 0 Å². The lowest BCUT2D eigenvalue weighted by atomic mass is 10.5. The van der Waals surface area contributed by atoms with Gasteiger partial charge < -0.3 is 4.74 Å². The van der Waals surface area contributed by atoms with Crippen LogP contribution in [0.2, 0.25) is 0 Å². The molecule has 0 aromatic carbocycles. The third-order valence-corrected chi connectivity index (χ3v) is 0.662. The van der Waals surface area contributed by atoms with Gasteiger partial charge in [-0.25, -0.2) is 0 Å². The van der Waals surface area contributed by atoms with Crippen molar-refractivity contribution in [3.05, 3.63) is 0 Å². The molecular weight excluding hydrogens is 78.0 g/mol. The van der Waals surface area contributed by atoms with Gasteiger partial charge in [0, 0.05) is 0 Å². The minimum atomic E-state index is 0.130. The molecule has 1 aliphatic rings. The smallest absolute Gasteiger partial charge is 0.138 e. The van der Waals surface area contributed by atoms with E-state index in [1.165, 1.54) is 0 Å². The van der Waals surface area contributed by atoms with Gasteiger partial charge in [-0.1, -0.05) is 0 Å². The topological polar surface area (TPSA) is 21.6 Å². The minimum absolute atomic E-state index is 0.130. The molecule has 1 heterocycles. The molecule has 0 aromatic rings. The van der Waals surface area contributed by atoms with E-state index in [0.717, 1.165) is 0 Å². The summed E-state index contributed by atoms with van der Waals surface area (Å²) >= 11 is 0. The number of nitrogens with zero attached hydrogens (tertiary/aromatic N) is 1. The van der Waals surface area contributed by atoms with Crippen molar-refractivity contribution in [1.82, 2.24) is 0 Å². The predicted molar refractivity (Wildman–Crippen MR) is 22.8 cm³/mol. The Balaban J connectivity index is 2.38. The Labute approximate surface area is 36.8 Å². The van der Waals surface area contributed by atoms with Crippen LogP contribution in [0.5, 0.6) is 0 Å². The van der Waals surface area contributed by atoms with Crippen LogP contribution in [0.4, 0.5) is 0 Å². The zero-order valence-electron chi connectivity index (χ0n) is 3.64. The highest BCUT2D eigenvalue weighted by Crippen LogP contribution is 1.92. The molecule has 2 heteroatoms. The third-order valence-electron chi connectivity index (χ3n) is 0.662. The summed E-state index contributed by atoms with van der Waals surface area (Å²) in [5, 5.41) is 0. The van der Waals surface area contributed by atoms with Crippen LogP contribution in [-0.2, 0) is 4.74 Å². The number of hydrogen-bond acceptors (Lipinski definition) is 2. The fourth-order valence-corrected chi connectivity index (χ4v) is 0.352. The number of hydrogen-bond donors (Lipinski definition) is 0. The van der Waals surface area contributed by atoms with E-state index in [2.05, 4.69) is 11.2 Å². The molecule has 0 bridgehead atoms. The first-order chi connectivity index (χ1) is 2.89. The Hall–Kier alpha value is -0.370. The molecule has 1 atom stereocenters. The van der Waals surface area contributed by atoms with Gasteiger partial charge in [-0.3, -0.25) is 4.99 Å². The molecule has 0 aromatic heterocycles. The standard InChI is InChI=1S/C4H6NO/c1-4-2-5-3-6-4/h4H,3H2,1H3. The molecule has 1 aliphatic heterocycles. The zero-order chi connectivity index (χ0) is 4.41. The van der Waals surface area contributed by atoms with Crippen LogP contribution < -0.4 is 0 Å². The quantitative estimate of drug-likeness (QED) is 0.414. The van der Waals surface area contributed by atoms with Crippen LogP contribution >= 0.6 is 0 Å². The highest BCUT2D eigenvalue weighted by molar-refractivity contribution is 5.63. The fraction of sp³-hybridized carbons (Fsp3) is 0.750. The van der Waals surface area contributed by atoms with Gasteiger partial charge in [0.05, 0.1) is 6.21 Å². The molecule has 0 amide bonds. The highest BCUT2D eigenvalue weighted by atomic mass is 16.5. The Kier molecular flexibility index (Phi) is 0.881. The molecule has 33 valence electrons. The summed E-state index contributed by atoms with van der Waals surface area (Å²) in [5.74, 6) is 0. The lowest BCUT2D eigenvalue weighted by Gasteiger charge is -1.90. The second-order valence-electron chi connectivity index (χ2n) is 1.23. The van der Waals surface area contributed by atoms with Gasteiger partial charge in [0.25, 0.3) is 0 Å². The van der Waals surface area contributed by atoms with E-state index in [-0.39, 0.29) is 6.10 Å². The van der Waals surface area contributed by atoms with Gasteiger partial charge in [0.15, 0.2) is 0 Å². The maximum Gasteiger partial charge on any atom is 0.138 e. The van der Waals surface area contributed by atoms with Crippen molar-refractivity contribution >= 4 is 6.21 Å². The average Bonchev–Trinajstić information content (AvgIpc) is 1.86. The first-order valence-corrected chi connectivity index (χ1v) is 1.93. The Morgan fingerprint density at radius 1 is 2.00 bits per heavy atom. The molecule has 0 saturated heterocycles. The summed E-state index contributed by atoms with van der Waals surface area (Å²) in [6.07, 6.45) is 2.85. The van der Waals surface area contributed by atoms with E-state index < -0.39 is 0 Å². The second kappa shape index (κ2) is 1.39. The summed E-state index contributed by atoms with van der Waals surface area (Å²) in [4.78, 5) is 3.69. The summed E-state index contributed by atoms with van der Waals surface area (Å²) in [6, 6.07) is 0. The van der Waals surface area contributed by atoms with Crippen LogP contribution in [-0.4, -0.2) is 19.0 Å². The number of rotatable bonds is 0. The van der Waals surface area contributed by atoms with E-state index in [1.807, 2.05) is 6.92 Å². The van der Waals surface area contributed by atoms with Gasteiger partial charge >= 0.3 is 0 Å². The molecule has 0 spiro atoms. The van der Waals surface area contributed by atoms with Crippen molar-refractivity contribution in [2.24, 2.45) is 4.99 Å². The zero-order valence-corrected chi connectivity index (χ0v) is 3.64. The third kappa shape index (κ3) is 0.571. The largest absolute Gasteiger partial charge is 0.350 e. The predicted octanol–water partition coefficient (Wildman–Crippen LogP) is 0.310. The molecule has 0 N–H and O–H groups in total. The van der Waals surface area contributed by atoms with Crippen molar-refractivity contribution in [1.29, 1.82) is 0 Å². The summed E-state index contributed by atoms with van der Waals surface area (Å²) in [7, 11) is 0. The summed E-state index contributed by atoms with van der Waals surface area (Å²) in [6.45, 7) is 2.41. The van der Waals surface area contributed by atoms with Gasteiger partial charge in [-0.2, -0.15) is 0 Å². The van der Waals surface area contributed by atoms with Crippen molar-refractivity contribution < 1.29 is 4.74 Å². The molecule has 0 saturated carbocycles. The van der Waals surface area contributed by atoms with Gasteiger partial charge in [-0.15, -0.1) is 0 Å². The molecule has 1 rings (SSSR count). The molecule has 1 radical (unpaired) electrons. The van der Waals surface area contributed by atoms with Gasteiger partial charge in [-0.05, 0) is 6.92 Å². The molecule has 2 nitrogen and oxygen atoms in total. The van der Waals surface area contributed by atoms with Crippen LogP contribution in [0.1, 0.15) is 6.92 Å². The van der Waals surface area contributed by atoms with Gasteiger partial charge in [0.2, 0.25) is 0 Å². The number of aliphatic imine (C=N–C) groups is 1. The second-order valence-corrected chi connectivity index (χ2v) is 1.23. The number of ether oxygens (including phenoxy) is 1. The van der Waals surface area contributed by atoms with Crippen LogP contribution in [0.3, 0.4) is 0 Å².